The van der Waals surface area contributed by atoms with Crippen molar-refractivity contribution >= 4 is 20.1 Å². The van der Waals surface area contributed by atoms with Crippen LogP contribution in [-0.4, -0.2) is 38.1 Å². The van der Waals surface area contributed by atoms with Crippen LogP contribution in [0.15, 0.2) is 0 Å². The van der Waals surface area contributed by atoms with E-state index in [2.05, 4.69) is 27.4 Å². The van der Waals surface area contributed by atoms with Crippen LogP contribution in [0.5, 0.6) is 0 Å². The van der Waals surface area contributed by atoms with Crippen LogP contribution in [0.2, 0.25) is 0 Å². The van der Waals surface area contributed by atoms with Crippen LogP contribution >= 0.6 is 0 Å². The van der Waals surface area contributed by atoms with Crippen molar-refractivity contribution in [3.8, 4) is 0 Å². The van der Waals surface area contributed by atoms with E-state index in [0.29, 0.717) is 0 Å². The van der Waals surface area contributed by atoms with Crippen LogP contribution in [0.25, 0.3) is 0 Å². The van der Waals surface area contributed by atoms with Gasteiger partial charge in [-0.3, -0.25) is 0 Å². The molecule has 1 nitrogen and oxygen atoms in total. The Labute approximate surface area is 64.8 Å². The van der Waals surface area contributed by atoms with Gasteiger partial charge >= 0.3 is 64.3 Å². The van der Waals surface area contributed by atoms with E-state index in [0.717, 1.165) is 0 Å². The van der Waals surface area contributed by atoms with Crippen molar-refractivity contribution < 1.29 is 0 Å². The van der Waals surface area contributed by atoms with Crippen molar-refractivity contribution in [2.45, 2.75) is 26.2 Å². The average Bonchev–Trinajstić information content (AvgIpc) is 2.37. The predicted molar refractivity (Wildman–Crippen MR) is 41.9 cm³/mol. The van der Waals surface area contributed by atoms with E-state index < -0.39 is 0 Å². The third-order valence-corrected chi connectivity index (χ3v) is 2.91. The van der Waals surface area contributed by atoms with E-state index in [1.807, 2.05) is 0 Å². The Morgan fingerprint density at radius 3 is 2.44 bits per heavy atom. The maximum absolute atomic E-state index is 3.11. The molecule has 0 unspecified atom stereocenters. The first-order valence-corrected chi connectivity index (χ1v) is 4.48. The molecular weight excluding hydrogens is 177 g/mol. The number of rotatable bonds is 2. The van der Waals surface area contributed by atoms with Crippen LogP contribution in [0, 0.1) is 0 Å². The summed E-state index contributed by atoms with van der Waals surface area (Å²) in [5.74, 6) is 0. The fraction of sp³-hybridized carbons (Fsp3) is 0.857. The molecule has 1 aliphatic heterocycles. The predicted octanol–water partition coefficient (Wildman–Crippen LogP) is 0.791. The Bertz CT molecular complexity index is 105. The molecule has 0 saturated carbocycles. The van der Waals surface area contributed by atoms with Crippen LogP contribution < -0.4 is 0 Å². The van der Waals surface area contributed by atoms with Gasteiger partial charge in [0.05, 0.1) is 0 Å². The summed E-state index contributed by atoms with van der Waals surface area (Å²) in [6, 6.07) is 0. The number of nitrogens with zero attached hydrogens (tertiary/aromatic N) is 1. The standard InChI is InChI=1S/C7H13NSe/c1-2-7(9)8-5-3-4-6-8/h2-6H2,1H3. The first-order chi connectivity index (χ1) is 4.34. The molecule has 0 atom stereocenters. The van der Waals surface area contributed by atoms with Crippen molar-refractivity contribution in [1.82, 2.24) is 4.90 Å². The molecule has 1 fully saturated rings. The Balaban J connectivity index is 2.32. The zero-order valence-electron chi connectivity index (χ0n) is 5.89. The minimum atomic E-state index is 1.17. The summed E-state index contributed by atoms with van der Waals surface area (Å²) in [7, 11) is 0. The van der Waals surface area contributed by atoms with Crippen molar-refractivity contribution in [1.29, 1.82) is 0 Å². The third-order valence-electron chi connectivity index (χ3n) is 1.76. The molecule has 1 rings (SSSR count). The van der Waals surface area contributed by atoms with Gasteiger partial charge in [0.2, 0.25) is 0 Å². The second-order valence-electron chi connectivity index (χ2n) is 2.44. The molecule has 9 heavy (non-hydrogen) atoms. The van der Waals surface area contributed by atoms with Crippen LogP contribution in [0.4, 0.5) is 0 Å². The third kappa shape index (κ3) is 1.80. The minimum absolute atomic E-state index is 1.17. The van der Waals surface area contributed by atoms with E-state index in [1.165, 1.54) is 36.9 Å². The van der Waals surface area contributed by atoms with Gasteiger partial charge in [0.25, 0.3) is 0 Å². The molecule has 1 heterocycles. The van der Waals surface area contributed by atoms with E-state index in [4.69, 9.17) is 0 Å². The molecule has 0 N–H and O–H groups in total. The van der Waals surface area contributed by atoms with Gasteiger partial charge in [0.1, 0.15) is 0 Å². The van der Waals surface area contributed by atoms with Gasteiger partial charge in [-0.25, -0.2) is 0 Å². The van der Waals surface area contributed by atoms with Crippen molar-refractivity contribution in [2.75, 3.05) is 13.1 Å². The number of hydrogen-bond donors (Lipinski definition) is 0. The zero-order valence-corrected chi connectivity index (χ0v) is 7.60. The molecule has 1 aliphatic rings. The average molecular weight is 190 g/mol. The van der Waals surface area contributed by atoms with Crippen molar-refractivity contribution in [2.24, 2.45) is 0 Å². The number of hydrogen-bond acceptors (Lipinski definition) is 1. The molecule has 2 heteroatoms. The summed E-state index contributed by atoms with van der Waals surface area (Å²) in [6.07, 6.45) is 3.93. The summed E-state index contributed by atoms with van der Waals surface area (Å²) in [4.78, 5) is 2.44. The summed E-state index contributed by atoms with van der Waals surface area (Å²) < 4.78 is 1.44. The SMILES string of the molecule is CCC(=[Se])N1CCCC1. The first-order valence-electron chi connectivity index (χ1n) is 3.62. The molecule has 0 aromatic rings. The summed E-state index contributed by atoms with van der Waals surface area (Å²) >= 11 is 3.11. The molecule has 0 aromatic heterocycles. The molecule has 0 aliphatic carbocycles. The van der Waals surface area contributed by atoms with Crippen molar-refractivity contribution in [3.05, 3.63) is 0 Å². The number of likely N-dealkylation sites (tertiary alicyclic amines) is 1. The second kappa shape index (κ2) is 3.38. The molecule has 0 radical (unpaired) electrons. The van der Waals surface area contributed by atoms with Crippen LogP contribution in [-0.2, 0) is 0 Å². The summed E-state index contributed by atoms with van der Waals surface area (Å²) in [5, 5.41) is 0. The van der Waals surface area contributed by atoms with E-state index in [9.17, 15) is 0 Å². The molecule has 52 valence electrons. The van der Waals surface area contributed by atoms with Crippen molar-refractivity contribution in [3.63, 3.8) is 0 Å². The zero-order chi connectivity index (χ0) is 6.69. The Morgan fingerprint density at radius 2 is 2.00 bits per heavy atom. The molecule has 1 saturated heterocycles. The van der Waals surface area contributed by atoms with Gasteiger partial charge in [0.15, 0.2) is 0 Å². The normalized spacial score (nSPS) is 18.6. The molecule has 0 bridgehead atoms. The molecule has 0 spiro atoms. The second-order valence-corrected chi connectivity index (χ2v) is 3.43. The van der Waals surface area contributed by atoms with Crippen LogP contribution in [0.3, 0.4) is 0 Å². The van der Waals surface area contributed by atoms with E-state index in [-0.39, 0.29) is 0 Å². The van der Waals surface area contributed by atoms with Gasteiger partial charge in [-0.2, -0.15) is 0 Å². The fourth-order valence-electron chi connectivity index (χ4n) is 1.19. The maximum atomic E-state index is 3.11. The van der Waals surface area contributed by atoms with Crippen LogP contribution in [0.1, 0.15) is 26.2 Å². The van der Waals surface area contributed by atoms with Gasteiger partial charge in [-0.05, 0) is 0 Å². The quantitative estimate of drug-likeness (QED) is 0.582. The first kappa shape index (κ1) is 7.30. The van der Waals surface area contributed by atoms with Gasteiger partial charge in [-0.1, -0.05) is 0 Å². The van der Waals surface area contributed by atoms with Gasteiger partial charge < -0.3 is 0 Å². The Kier molecular flexibility index (Phi) is 2.74. The Morgan fingerprint density at radius 1 is 1.44 bits per heavy atom. The summed E-state index contributed by atoms with van der Waals surface area (Å²) in [6.45, 7) is 4.75. The van der Waals surface area contributed by atoms with Gasteiger partial charge in [-0.15, -0.1) is 0 Å². The monoisotopic (exact) mass is 191 g/mol. The van der Waals surface area contributed by atoms with E-state index in [1.54, 1.807) is 0 Å². The molecule has 0 aromatic carbocycles. The fourth-order valence-corrected chi connectivity index (χ4v) is 1.57. The van der Waals surface area contributed by atoms with Gasteiger partial charge in [0, 0.05) is 0 Å². The van der Waals surface area contributed by atoms with E-state index >= 15 is 0 Å². The summed E-state index contributed by atoms with van der Waals surface area (Å²) in [5.41, 5.74) is 0. The Hall–Kier alpha value is 0.189. The molecule has 0 amide bonds. The topological polar surface area (TPSA) is 3.24 Å². The molecular formula is C7H13NSe.